The predicted octanol–water partition coefficient (Wildman–Crippen LogP) is 3.99. The molecule has 0 radical (unpaired) electrons. The maximum atomic E-state index is 3.84. The number of thiophene rings is 1. The quantitative estimate of drug-likeness (QED) is 0.835. The molecular weight excluding hydrogens is 214 g/mol. The highest BCUT2D eigenvalue weighted by Crippen LogP contribution is 2.28. The van der Waals surface area contributed by atoms with Crippen LogP contribution in [-0.4, -0.2) is 12.1 Å². The molecule has 0 aliphatic carbocycles. The minimum atomic E-state index is 0.395. The van der Waals surface area contributed by atoms with Gasteiger partial charge in [0.2, 0.25) is 0 Å². The van der Waals surface area contributed by atoms with Gasteiger partial charge in [0.05, 0.1) is 0 Å². The minimum Gasteiger partial charge on any atom is -0.311 e. The summed E-state index contributed by atoms with van der Waals surface area (Å²) in [5.74, 6) is 0. The third-order valence-electron chi connectivity index (χ3n) is 3.68. The van der Waals surface area contributed by atoms with E-state index in [9.17, 15) is 0 Å². The average molecular weight is 237 g/mol. The molecule has 1 fully saturated rings. The Morgan fingerprint density at radius 1 is 1.38 bits per heavy atom. The zero-order valence-electron chi connectivity index (χ0n) is 10.3. The van der Waals surface area contributed by atoms with Crippen LogP contribution in [0.2, 0.25) is 0 Å². The molecular formula is C14H23NS. The Morgan fingerprint density at radius 3 is 3.06 bits per heavy atom. The summed E-state index contributed by atoms with van der Waals surface area (Å²) >= 11 is 1.82. The van der Waals surface area contributed by atoms with Gasteiger partial charge in [-0.15, -0.1) is 0 Å². The maximum absolute atomic E-state index is 3.84. The highest BCUT2D eigenvalue weighted by Gasteiger charge is 2.29. The zero-order chi connectivity index (χ0) is 11.3. The van der Waals surface area contributed by atoms with Gasteiger partial charge in [-0.05, 0) is 54.6 Å². The summed E-state index contributed by atoms with van der Waals surface area (Å²) in [5, 5.41) is 8.35. The van der Waals surface area contributed by atoms with E-state index in [4.69, 9.17) is 0 Å². The molecule has 0 bridgehead atoms. The predicted molar refractivity (Wildman–Crippen MR) is 72.1 cm³/mol. The molecule has 1 aliphatic heterocycles. The molecule has 90 valence electrons. The van der Waals surface area contributed by atoms with E-state index in [0.29, 0.717) is 5.54 Å². The van der Waals surface area contributed by atoms with Crippen LogP contribution in [0.15, 0.2) is 16.8 Å². The molecule has 2 heterocycles. The van der Waals surface area contributed by atoms with Gasteiger partial charge in [-0.25, -0.2) is 0 Å². The van der Waals surface area contributed by atoms with Crippen LogP contribution in [0.5, 0.6) is 0 Å². The Morgan fingerprint density at radius 2 is 2.31 bits per heavy atom. The lowest BCUT2D eigenvalue weighted by Crippen LogP contribution is -2.46. The molecule has 1 N–H and O–H groups in total. The first-order valence-corrected chi connectivity index (χ1v) is 7.55. The highest BCUT2D eigenvalue weighted by atomic mass is 32.1. The van der Waals surface area contributed by atoms with Gasteiger partial charge in [0, 0.05) is 5.54 Å². The number of hydrogen-bond donors (Lipinski definition) is 1. The standard InChI is InChI=1S/C14H23NS/c1-2-7-14(8-4-3-5-9-15-14)11-13-6-10-16-12-13/h6,10,12,15H,2-5,7-9,11H2,1H3. The summed E-state index contributed by atoms with van der Waals surface area (Å²) in [6.07, 6.45) is 9.36. The van der Waals surface area contributed by atoms with Crippen LogP contribution >= 0.6 is 11.3 Å². The van der Waals surface area contributed by atoms with E-state index >= 15 is 0 Å². The molecule has 1 unspecified atom stereocenters. The molecule has 2 heteroatoms. The topological polar surface area (TPSA) is 12.0 Å². The fourth-order valence-electron chi connectivity index (χ4n) is 2.92. The molecule has 0 aromatic carbocycles. The van der Waals surface area contributed by atoms with Crippen LogP contribution in [0.1, 0.15) is 51.0 Å². The van der Waals surface area contributed by atoms with Crippen LogP contribution in [-0.2, 0) is 6.42 Å². The smallest absolute Gasteiger partial charge is 0.0222 e. The van der Waals surface area contributed by atoms with E-state index in [-0.39, 0.29) is 0 Å². The third kappa shape index (κ3) is 3.08. The second-order valence-corrected chi connectivity index (χ2v) is 5.86. The first-order chi connectivity index (χ1) is 7.85. The number of nitrogens with one attached hydrogen (secondary N) is 1. The Hall–Kier alpha value is -0.340. The largest absolute Gasteiger partial charge is 0.311 e. The molecule has 2 rings (SSSR count). The first-order valence-electron chi connectivity index (χ1n) is 6.61. The Kier molecular flexibility index (Phi) is 4.42. The van der Waals surface area contributed by atoms with Crippen LogP contribution in [0.3, 0.4) is 0 Å². The SMILES string of the molecule is CCCC1(Cc2ccsc2)CCCCCN1. The van der Waals surface area contributed by atoms with Crippen molar-refractivity contribution in [3.63, 3.8) is 0 Å². The van der Waals surface area contributed by atoms with Crippen LogP contribution in [0.25, 0.3) is 0 Å². The lowest BCUT2D eigenvalue weighted by atomic mass is 9.83. The average Bonchev–Trinajstić information content (AvgIpc) is 2.66. The molecule has 1 aliphatic rings. The van der Waals surface area contributed by atoms with Crippen molar-refractivity contribution >= 4 is 11.3 Å². The monoisotopic (exact) mass is 237 g/mol. The Labute approximate surface area is 103 Å². The number of rotatable bonds is 4. The van der Waals surface area contributed by atoms with Crippen molar-refractivity contribution in [3.8, 4) is 0 Å². The minimum absolute atomic E-state index is 0.395. The second-order valence-electron chi connectivity index (χ2n) is 5.08. The summed E-state index contributed by atoms with van der Waals surface area (Å²) in [6.45, 7) is 3.52. The molecule has 1 aromatic rings. The van der Waals surface area contributed by atoms with Crippen molar-refractivity contribution < 1.29 is 0 Å². The van der Waals surface area contributed by atoms with Crippen molar-refractivity contribution in [1.29, 1.82) is 0 Å². The fraction of sp³-hybridized carbons (Fsp3) is 0.714. The summed E-state index contributed by atoms with van der Waals surface area (Å²) in [4.78, 5) is 0. The van der Waals surface area contributed by atoms with E-state index in [1.165, 1.54) is 57.1 Å². The lowest BCUT2D eigenvalue weighted by molar-refractivity contribution is 0.288. The normalized spacial score (nSPS) is 26.6. The molecule has 1 aromatic heterocycles. The Balaban J connectivity index is 2.06. The van der Waals surface area contributed by atoms with Crippen LogP contribution < -0.4 is 5.32 Å². The van der Waals surface area contributed by atoms with E-state index in [2.05, 4.69) is 29.1 Å². The van der Waals surface area contributed by atoms with Gasteiger partial charge < -0.3 is 5.32 Å². The molecule has 0 spiro atoms. The van der Waals surface area contributed by atoms with Gasteiger partial charge >= 0.3 is 0 Å². The number of hydrogen-bond acceptors (Lipinski definition) is 2. The van der Waals surface area contributed by atoms with Crippen molar-refractivity contribution in [3.05, 3.63) is 22.4 Å². The van der Waals surface area contributed by atoms with Gasteiger partial charge in [0.15, 0.2) is 0 Å². The van der Waals surface area contributed by atoms with Gasteiger partial charge in [0.25, 0.3) is 0 Å². The first kappa shape index (κ1) is 12.1. The van der Waals surface area contributed by atoms with E-state index in [1.807, 2.05) is 11.3 Å². The zero-order valence-corrected chi connectivity index (χ0v) is 11.1. The van der Waals surface area contributed by atoms with Crippen molar-refractivity contribution in [2.45, 2.75) is 57.4 Å². The maximum Gasteiger partial charge on any atom is 0.0222 e. The van der Waals surface area contributed by atoms with E-state index in [1.54, 1.807) is 0 Å². The third-order valence-corrected chi connectivity index (χ3v) is 4.42. The van der Waals surface area contributed by atoms with Crippen molar-refractivity contribution in [2.75, 3.05) is 6.54 Å². The van der Waals surface area contributed by atoms with Gasteiger partial charge in [0.1, 0.15) is 0 Å². The molecule has 1 saturated heterocycles. The highest BCUT2D eigenvalue weighted by molar-refractivity contribution is 7.07. The summed E-state index contributed by atoms with van der Waals surface area (Å²) in [5.41, 5.74) is 1.92. The van der Waals surface area contributed by atoms with Crippen molar-refractivity contribution in [1.82, 2.24) is 5.32 Å². The molecule has 0 saturated carbocycles. The van der Waals surface area contributed by atoms with E-state index < -0.39 is 0 Å². The van der Waals surface area contributed by atoms with E-state index in [0.717, 1.165) is 0 Å². The van der Waals surface area contributed by atoms with Gasteiger partial charge in [-0.3, -0.25) is 0 Å². The van der Waals surface area contributed by atoms with Crippen LogP contribution in [0, 0.1) is 0 Å². The summed E-state index contributed by atoms with van der Waals surface area (Å²) in [6, 6.07) is 2.29. The molecule has 1 atom stereocenters. The van der Waals surface area contributed by atoms with Crippen LogP contribution in [0.4, 0.5) is 0 Å². The molecule has 1 nitrogen and oxygen atoms in total. The second kappa shape index (κ2) is 5.83. The lowest BCUT2D eigenvalue weighted by Gasteiger charge is -2.33. The summed E-state index contributed by atoms with van der Waals surface area (Å²) in [7, 11) is 0. The Bertz CT molecular complexity index is 284. The van der Waals surface area contributed by atoms with Gasteiger partial charge in [-0.2, -0.15) is 11.3 Å². The van der Waals surface area contributed by atoms with Gasteiger partial charge in [-0.1, -0.05) is 26.2 Å². The fourth-order valence-corrected chi connectivity index (χ4v) is 3.59. The molecule has 16 heavy (non-hydrogen) atoms. The van der Waals surface area contributed by atoms with Crippen molar-refractivity contribution in [2.24, 2.45) is 0 Å². The molecule has 0 amide bonds. The summed E-state index contributed by atoms with van der Waals surface area (Å²) < 4.78 is 0.